The minimum Gasteiger partial charge on any atom is -0.378 e. The van der Waals surface area contributed by atoms with Crippen molar-refractivity contribution in [2.24, 2.45) is 4.99 Å². The summed E-state index contributed by atoms with van der Waals surface area (Å²) in [7, 11) is 1.52. The van der Waals surface area contributed by atoms with Crippen LogP contribution in [0, 0.1) is 17.1 Å². The van der Waals surface area contributed by atoms with Crippen molar-refractivity contribution < 1.29 is 27.5 Å². The Bertz CT molecular complexity index is 1010. The molecule has 0 radical (unpaired) electrons. The van der Waals surface area contributed by atoms with Gasteiger partial charge in [0.25, 0.3) is 5.91 Å². The average molecular weight is 422 g/mol. The lowest BCUT2D eigenvalue weighted by atomic mass is 10.0. The van der Waals surface area contributed by atoms with E-state index in [0.29, 0.717) is 11.8 Å². The van der Waals surface area contributed by atoms with E-state index < -0.39 is 34.6 Å². The maximum Gasteiger partial charge on any atom is 0.417 e. The minimum atomic E-state index is -4.79. The van der Waals surface area contributed by atoms with Crippen molar-refractivity contribution in [3.8, 4) is 6.07 Å². The molecule has 2 rings (SSSR count). The molecular formula is C20H18F4N4O2. The highest BCUT2D eigenvalue weighted by molar-refractivity contribution is 5.97. The minimum absolute atomic E-state index is 0.190. The van der Waals surface area contributed by atoms with Crippen molar-refractivity contribution in [3.05, 3.63) is 53.3 Å². The van der Waals surface area contributed by atoms with E-state index >= 15 is 0 Å². The summed E-state index contributed by atoms with van der Waals surface area (Å²) in [6.45, 7) is 4.24. The average Bonchev–Trinajstić information content (AvgIpc) is 2.66. The van der Waals surface area contributed by atoms with E-state index in [-0.39, 0.29) is 17.9 Å². The van der Waals surface area contributed by atoms with Crippen molar-refractivity contribution in [2.45, 2.75) is 18.7 Å². The second kappa shape index (κ2) is 8.51. The number of carbonyl (C=O) groups is 1. The monoisotopic (exact) mass is 422 g/mol. The van der Waals surface area contributed by atoms with Crippen molar-refractivity contribution in [3.63, 3.8) is 0 Å². The van der Waals surface area contributed by atoms with Gasteiger partial charge in [-0.1, -0.05) is 0 Å². The fraction of sp³-hybridized carbons (Fsp3) is 0.250. The van der Waals surface area contributed by atoms with E-state index in [1.807, 2.05) is 0 Å². The number of aliphatic imine (C=N–C) groups is 1. The van der Waals surface area contributed by atoms with Gasteiger partial charge in [-0.2, -0.15) is 18.4 Å². The van der Waals surface area contributed by atoms with Crippen LogP contribution in [0.25, 0.3) is 0 Å². The highest BCUT2D eigenvalue weighted by atomic mass is 19.4. The second-order valence-corrected chi connectivity index (χ2v) is 6.75. The maximum absolute atomic E-state index is 13.4. The molecule has 0 saturated carbocycles. The van der Waals surface area contributed by atoms with Gasteiger partial charge in [0.05, 0.1) is 35.1 Å². The van der Waals surface area contributed by atoms with E-state index in [0.717, 1.165) is 18.2 Å². The lowest BCUT2D eigenvalue weighted by Gasteiger charge is -2.30. The molecule has 2 aromatic rings. The van der Waals surface area contributed by atoms with Crippen LogP contribution in [0.4, 0.5) is 34.6 Å². The quantitative estimate of drug-likeness (QED) is 0.546. The van der Waals surface area contributed by atoms with E-state index in [2.05, 4.69) is 17.0 Å². The Morgan fingerprint density at radius 2 is 1.97 bits per heavy atom. The third kappa shape index (κ3) is 5.12. The van der Waals surface area contributed by atoms with Crippen LogP contribution < -0.4 is 10.2 Å². The summed E-state index contributed by atoms with van der Waals surface area (Å²) in [6.07, 6.45) is -4.79. The molecule has 0 saturated heterocycles. The summed E-state index contributed by atoms with van der Waals surface area (Å²) in [4.78, 5) is 17.6. The van der Waals surface area contributed by atoms with Gasteiger partial charge in [0.15, 0.2) is 5.60 Å². The van der Waals surface area contributed by atoms with Gasteiger partial charge in [-0.3, -0.25) is 9.79 Å². The summed E-state index contributed by atoms with van der Waals surface area (Å²) >= 11 is 0. The lowest BCUT2D eigenvalue weighted by molar-refractivity contribution is -0.138. The molecule has 0 fully saturated rings. The molecule has 0 aliphatic carbocycles. The number of nitrogens with one attached hydrogen (secondary N) is 1. The normalized spacial score (nSPS) is 13.1. The third-order valence-corrected chi connectivity index (χ3v) is 4.26. The van der Waals surface area contributed by atoms with Gasteiger partial charge in [0.2, 0.25) is 0 Å². The van der Waals surface area contributed by atoms with E-state index in [1.54, 1.807) is 0 Å². The van der Waals surface area contributed by atoms with Crippen LogP contribution in [-0.4, -0.2) is 36.9 Å². The molecule has 0 aliphatic rings. The highest BCUT2D eigenvalue weighted by Gasteiger charge is 2.35. The summed E-state index contributed by atoms with van der Waals surface area (Å²) in [5.74, 6) is -1.51. The topological polar surface area (TPSA) is 88.7 Å². The standard InChI is InChI=1S/C20H18F4N4O2/c1-19(30,11-28(3)17-7-5-13(21)8-16(17)26-2)18(29)27-14-6-4-12(10-25)15(9-14)20(22,23)24/h4-9,30H,2,11H2,1,3H3,(H,27,29)/t19-/m0/s1. The molecule has 0 aliphatic heterocycles. The van der Waals surface area contributed by atoms with E-state index in [4.69, 9.17) is 5.26 Å². The number of likely N-dealkylation sites (N-methyl/N-ethyl adjacent to an activating group) is 1. The van der Waals surface area contributed by atoms with E-state index in [1.165, 1.54) is 37.1 Å². The van der Waals surface area contributed by atoms with Crippen LogP contribution >= 0.6 is 0 Å². The van der Waals surface area contributed by atoms with Crippen LogP contribution in [0.3, 0.4) is 0 Å². The van der Waals surface area contributed by atoms with Crippen LogP contribution in [0.15, 0.2) is 41.4 Å². The predicted octanol–water partition coefficient (Wildman–Crippen LogP) is 3.87. The van der Waals surface area contributed by atoms with Crippen LogP contribution in [0.1, 0.15) is 18.1 Å². The van der Waals surface area contributed by atoms with Crippen LogP contribution in [0.5, 0.6) is 0 Å². The number of nitriles is 1. The first kappa shape index (κ1) is 22.8. The number of alkyl halides is 3. The highest BCUT2D eigenvalue weighted by Crippen LogP contribution is 2.34. The molecule has 0 spiro atoms. The van der Waals surface area contributed by atoms with Gasteiger partial charge in [-0.05, 0) is 44.0 Å². The zero-order chi connectivity index (χ0) is 22.7. The summed E-state index contributed by atoms with van der Waals surface area (Å²) in [5, 5.41) is 21.6. The number of aliphatic hydroxyl groups is 1. The molecule has 0 heterocycles. The Labute approximate surface area is 170 Å². The fourth-order valence-electron chi connectivity index (χ4n) is 2.78. The van der Waals surface area contributed by atoms with Crippen molar-refractivity contribution in [2.75, 3.05) is 23.8 Å². The number of amides is 1. The molecule has 30 heavy (non-hydrogen) atoms. The third-order valence-electron chi connectivity index (χ3n) is 4.26. The first-order valence-corrected chi connectivity index (χ1v) is 8.51. The predicted molar refractivity (Wildman–Crippen MR) is 104 cm³/mol. The zero-order valence-corrected chi connectivity index (χ0v) is 16.1. The van der Waals surface area contributed by atoms with Crippen molar-refractivity contribution in [1.29, 1.82) is 5.26 Å². The SMILES string of the molecule is C=Nc1cc(F)ccc1N(C)C[C@](C)(O)C(=O)Nc1ccc(C#N)c(C(F)(F)F)c1. The molecule has 2 N–H and O–H groups in total. The first-order chi connectivity index (χ1) is 13.9. The van der Waals surface area contributed by atoms with E-state index in [9.17, 15) is 27.5 Å². The molecule has 1 amide bonds. The number of benzene rings is 2. The summed E-state index contributed by atoms with van der Waals surface area (Å²) in [5.41, 5.74) is -3.48. The molecule has 0 aromatic heterocycles. The summed E-state index contributed by atoms with van der Waals surface area (Å²) < 4.78 is 52.6. The van der Waals surface area contributed by atoms with Gasteiger partial charge in [0.1, 0.15) is 5.82 Å². The van der Waals surface area contributed by atoms with Crippen LogP contribution in [-0.2, 0) is 11.0 Å². The molecule has 2 aromatic carbocycles. The molecule has 1 atom stereocenters. The molecular weight excluding hydrogens is 404 g/mol. The Morgan fingerprint density at radius 3 is 2.53 bits per heavy atom. The number of hydrogen-bond acceptors (Lipinski definition) is 5. The Balaban J connectivity index is 2.22. The number of carbonyl (C=O) groups excluding carboxylic acids is 1. The number of rotatable bonds is 6. The Kier molecular flexibility index (Phi) is 6.47. The van der Waals surface area contributed by atoms with Gasteiger partial charge >= 0.3 is 6.18 Å². The Morgan fingerprint density at radius 1 is 1.30 bits per heavy atom. The molecule has 0 unspecified atom stereocenters. The molecule has 0 bridgehead atoms. The number of halogens is 4. The zero-order valence-electron chi connectivity index (χ0n) is 16.1. The second-order valence-electron chi connectivity index (χ2n) is 6.75. The molecule has 10 heteroatoms. The van der Waals surface area contributed by atoms with Gasteiger partial charge in [-0.15, -0.1) is 0 Å². The lowest BCUT2D eigenvalue weighted by Crippen LogP contribution is -2.48. The molecule has 6 nitrogen and oxygen atoms in total. The largest absolute Gasteiger partial charge is 0.417 e. The van der Waals surface area contributed by atoms with Gasteiger partial charge < -0.3 is 15.3 Å². The number of anilines is 2. The Hall–Kier alpha value is -3.45. The molecule has 158 valence electrons. The first-order valence-electron chi connectivity index (χ1n) is 8.51. The van der Waals surface area contributed by atoms with Gasteiger partial charge in [-0.25, -0.2) is 4.39 Å². The maximum atomic E-state index is 13.4. The van der Waals surface area contributed by atoms with Crippen molar-refractivity contribution >= 4 is 29.7 Å². The van der Waals surface area contributed by atoms with Crippen LogP contribution in [0.2, 0.25) is 0 Å². The summed E-state index contributed by atoms with van der Waals surface area (Å²) in [6, 6.07) is 7.82. The smallest absolute Gasteiger partial charge is 0.378 e. The number of nitrogens with zero attached hydrogens (tertiary/aromatic N) is 3. The fourth-order valence-corrected chi connectivity index (χ4v) is 2.78. The van der Waals surface area contributed by atoms with Crippen molar-refractivity contribution in [1.82, 2.24) is 0 Å². The van der Waals surface area contributed by atoms with Gasteiger partial charge in [0, 0.05) is 18.8 Å². The number of hydrogen-bond donors (Lipinski definition) is 2.